The van der Waals surface area contributed by atoms with E-state index in [4.69, 9.17) is 14.3 Å². The Morgan fingerprint density at radius 1 is 1.07 bits per heavy atom. The van der Waals surface area contributed by atoms with Crippen LogP contribution in [0.2, 0.25) is 0 Å². The van der Waals surface area contributed by atoms with Crippen LogP contribution in [0.25, 0.3) is 0 Å². The summed E-state index contributed by atoms with van der Waals surface area (Å²) in [5.41, 5.74) is 0.483. The van der Waals surface area contributed by atoms with Crippen LogP contribution >= 0.6 is 21.6 Å². The number of rotatable bonds is 14. The van der Waals surface area contributed by atoms with E-state index in [0.29, 0.717) is 22.6 Å². The lowest BCUT2D eigenvalue weighted by atomic mass is 10.1. The summed E-state index contributed by atoms with van der Waals surface area (Å²) in [6, 6.07) is 5.88. The molecule has 14 heteroatoms. The van der Waals surface area contributed by atoms with Crippen molar-refractivity contribution in [1.82, 2.24) is 10.4 Å². The molecular weight excluding hydrogens is 600 g/mol. The first kappa shape index (κ1) is 35.7. The monoisotopic (exact) mass is 638 g/mol. The number of benzene rings is 1. The molecule has 1 unspecified atom stereocenters. The number of carbonyl (C=O) groups excluding carboxylic acids is 5. The third-order valence-corrected chi connectivity index (χ3v) is 8.64. The summed E-state index contributed by atoms with van der Waals surface area (Å²) in [6.07, 6.45) is -0.829. The van der Waals surface area contributed by atoms with Crippen LogP contribution in [-0.4, -0.2) is 69.0 Å². The summed E-state index contributed by atoms with van der Waals surface area (Å²) in [7, 11) is 2.82. The number of aliphatic carboxylic acids is 1. The highest BCUT2D eigenvalue weighted by Gasteiger charge is 2.34. The second-order valence-corrected chi connectivity index (χ2v) is 13.7. The Balaban J connectivity index is 1.98. The van der Waals surface area contributed by atoms with Crippen LogP contribution < -0.4 is 5.32 Å². The van der Waals surface area contributed by atoms with E-state index in [9.17, 15) is 33.9 Å². The normalized spacial score (nSPS) is 15.3. The number of hydrogen-bond donors (Lipinski definition) is 2. The Labute approximate surface area is 258 Å². The fourth-order valence-electron chi connectivity index (χ4n) is 3.66. The SMILES string of the molecule is CC(C)=C[C@H](NC(=O)OC(C)(C)C)[C@@H](OC(=O)Cc1ccccc1SSC(C)CCC(=O)ON1C(=O)CCC1=O)C(=O)O. The van der Waals surface area contributed by atoms with Crippen LogP contribution in [0.1, 0.15) is 72.8 Å². The van der Waals surface area contributed by atoms with Crippen molar-refractivity contribution in [2.24, 2.45) is 0 Å². The fraction of sp³-hybridized carbons (Fsp3) is 0.517. The number of carbonyl (C=O) groups is 6. The van der Waals surface area contributed by atoms with Crippen molar-refractivity contribution in [2.75, 3.05) is 0 Å². The maximum atomic E-state index is 12.9. The average molecular weight is 639 g/mol. The molecule has 43 heavy (non-hydrogen) atoms. The van der Waals surface area contributed by atoms with Crippen molar-refractivity contribution in [3.63, 3.8) is 0 Å². The number of carboxylic acid groups (broad SMARTS) is 1. The number of hydroxylamine groups is 2. The van der Waals surface area contributed by atoms with Crippen LogP contribution in [0.3, 0.4) is 0 Å². The van der Waals surface area contributed by atoms with Gasteiger partial charge in [0.2, 0.25) is 6.10 Å². The Morgan fingerprint density at radius 2 is 1.70 bits per heavy atom. The summed E-state index contributed by atoms with van der Waals surface area (Å²) in [4.78, 5) is 78.3. The van der Waals surface area contributed by atoms with Gasteiger partial charge in [0.15, 0.2) is 0 Å². The topological polar surface area (TPSA) is 166 Å². The smallest absolute Gasteiger partial charge is 0.408 e. The first-order valence-electron chi connectivity index (χ1n) is 13.6. The van der Waals surface area contributed by atoms with E-state index < -0.39 is 53.6 Å². The molecule has 3 atom stereocenters. The Bertz CT molecular complexity index is 1220. The number of nitrogens with one attached hydrogen (secondary N) is 1. The van der Waals surface area contributed by atoms with E-state index in [1.807, 2.05) is 6.92 Å². The number of esters is 1. The first-order chi connectivity index (χ1) is 20.1. The molecule has 2 N–H and O–H groups in total. The summed E-state index contributed by atoms with van der Waals surface area (Å²) >= 11 is 0. The molecule has 0 bridgehead atoms. The Morgan fingerprint density at radius 3 is 2.28 bits per heavy atom. The zero-order valence-electron chi connectivity index (χ0n) is 25.0. The molecule has 2 rings (SSSR count). The van der Waals surface area contributed by atoms with E-state index >= 15 is 0 Å². The molecule has 12 nitrogen and oxygen atoms in total. The highest BCUT2D eigenvalue weighted by molar-refractivity contribution is 8.77. The van der Waals surface area contributed by atoms with Gasteiger partial charge in [-0.15, -0.1) is 5.06 Å². The van der Waals surface area contributed by atoms with E-state index in [1.54, 1.807) is 58.9 Å². The second-order valence-electron chi connectivity index (χ2n) is 11.0. The third-order valence-electron chi connectivity index (χ3n) is 5.59. The van der Waals surface area contributed by atoms with Gasteiger partial charge in [-0.05, 0) is 52.7 Å². The van der Waals surface area contributed by atoms with Crippen molar-refractivity contribution in [3.8, 4) is 0 Å². The summed E-state index contributed by atoms with van der Waals surface area (Å²) < 4.78 is 10.6. The molecule has 236 valence electrons. The predicted octanol–water partition coefficient (Wildman–Crippen LogP) is 4.60. The second kappa shape index (κ2) is 16.4. The highest BCUT2D eigenvalue weighted by Crippen LogP contribution is 2.38. The molecular formula is C29H38N2O10S2. The maximum Gasteiger partial charge on any atom is 0.408 e. The lowest BCUT2D eigenvalue weighted by Gasteiger charge is -2.26. The van der Waals surface area contributed by atoms with Gasteiger partial charge in [-0.2, -0.15) is 0 Å². The van der Waals surface area contributed by atoms with Crippen LogP contribution in [0.4, 0.5) is 4.79 Å². The van der Waals surface area contributed by atoms with Crippen molar-refractivity contribution in [2.45, 2.75) is 102 Å². The number of carboxylic acids is 1. The average Bonchev–Trinajstić information content (AvgIpc) is 3.20. The van der Waals surface area contributed by atoms with Gasteiger partial charge >= 0.3 is 24.0 Å². The van der Waals surface area contributed by atoms with Gasteiger partial charge in [-0.1, -0.05) is 58.4 Å². The Kier molecular flexibility index (Phi) is 13.6. The zero-order valence-corrected chi connectivity index (χ0v) is 26.7. The lowest BCUT2D eigenvalue weighted by Crippen LogP contribution is -2.49. The van der Waals surface area contributed by atoms with Gasteiger partial charge in [0.25, 0.3) is 11.8 Å². The minimum Gasteiger partial charge on any atom is -0.478 e. The molecule has 1 aliphatic rings. The van der Waals surface area contributed by atoms with Gasteiger partial charge in [-0.25, -0.2) is 14.4 Å². The van der Waals surface area contributed by atoms with E-state index in [2.05, 4.69) is 5.32 Å². The van der Waals surface area contributed by atoms with Crippen molar-refractivity contribution in [3.05, 3.63) is 41.5 Å². The van der Waals surface area contributed by atoms with E-state index in [0.717, 1.165) is 4.90 Å². The third kappa shape index (κ3) is 12.7. The van der Waals surface area contributed by atoms with Crippen LogP contribution in [0.15, 0.2) is 40.8 Å². The fourth-order valence-corrected chi connectivity index (χ4v) is 6.11. The number of nitrogens with zero attached hydrogens (tertiary/aromatic N) is 1. The molecule has 1 saturated heterocycles. The molecule has 1 fully saturated rings. The predicted molar refractivity (Wildman–Crippen MR) is 160 cm³/mol. The summed E-state index contributed by atoms with van der Waals surface area (Å²) in [5, 5.41) is 12.8. The highest BCUT2D eigenvalue weighted by atomic mass is 33.1. The summed E-state index contributed by atoms with van der Waals surface area (Å²) in [6.45, 7) is 10.3. The largest absolute Gasteiger partial charge is 0.478 e. The molecule has 0 saturated carbocycles. The molecule has 0 aromatic heterocycles. The van der Waals surface area contributed by atoms with Gasteiger partial charge in [0.1, 0.15) is 5.60 Å². The van der Waals surface area contributed by atoms with Gasteiger partial charge in [-0.3, -0.25) is 14.4 Å². The van der Waals surface area contributed by atoms with Crippen molar-refractivity contribution in [1.29, 1.82) is 0 Å². The van der Waals surface area contributed by atoms with Crippen LogP contribution in [-0.2, 0) is 44.7 Å². The first-order valence-corrected chi connectivity index (χ1v) is 15.8. The molecule has 1 heterocycles. The standard InChI is InChI=1S/C29H38N2O10S2/c1-17(2)15-20(30-28(38)40-29(4,5)6)26(27(36)37)39-25(35)16-19-9-7-8-10-21(19)43-42-18(3)11-14-24(34)41-31-22(32)12-13-23(31)33/h7-10,15,18,20,26H,11-14,16H2,1-6H3,(H,30,38)(H,36,37)/t18?,20-,26+/m0/s1. The minimum atomic E-state index is -1.70. The quantitative estimate of drug-likeness (QED) is 0.126. The number of allylic oxidation sites excluding steroid dienone is 1. The minimum absolute atomic E-state index is 0.000510. The molecule has 0 spiro atoms. The van der Waals surface area contributed by atoms with Gasteiger partial charge in [0.05, 0.1) is 12.5 Å². The van der Waals surface area contributed by atoms with E-state index in [1.165, 1.54) is 27.7 Å². The number of ether oxygens (including phenoxy) is 2. The summed E-state index contributed by atoms with van der Waals surface area (Å²) in [5.74, 6) is -3.98. The molecule has 0 aliphatic carbocycles. The maximum absolute atomic E-state index is 12.9. The molecule has 3 amide bonds. The number of amides is 3. The number of hydrogen-bond acceptors (Lipinski definition) is 11. The number of alkyl carbamates (subject to hydrolysis) is 1. The Hall–Kier alpha value is -3.52. The van der Waals surface area contributed by atoms with Gasteiger partial charge in [0, 0.05) is 29.4 Å². The van der Waals surface area contributed by atoms with Gasteiger partial charge < -0.3 is 24.7 Å². The molecule has 1 aromatic rings. The zero-order chi connectivity index (χ0) is 32.3. The molecule has 1 aliphatic heterocycles. The lowest BCUT2D eigenvalue weighted by molar-refractivity contribution is -0.197. The van der Waals surface area contributed by atoms with Crippen molar-refractivity contribution >= 4 is 57.4 Å². The molecule has 1 aromatic carbocycles. The van der Waals surface area contributed by atoms with E-state index in [-0.39, 0.29) is 30.9 Å². The van der Waals surface area contributed by atoms with Crippen LogP contribution in [0, 0.1) is 0 Å². The number of imide groups is 1. The molecule has 0 radical (unpaired) electrons. The van der Waals surface area contributed by atoms with Crippen molar-refractivity contribution < 1.29 is 48.2 Å². The van der Waals surface area contributed by atoms with Crippen LogP contribution in [0.5, 0.6) is 0 Å².